The Kier molecular flexibility index (Phi) is 12.2. The molecule has 7 nitrogen and oxygen atoms in total. The van der Waals surface area contributed by atoms with Gasteiger partial charge < -0.3 is 14.8 Å². The summed E-state index contributed by atoms with van der Waals surface area (Å²) >= 11 is 0. The molecule has 0 saturated carbocycles. The highest BCUT2D eigenvalue weighted by Gasteiger charge is 2.24. The number of para-hydroxylation sites is 1. The second-order valence-corrected chi connectivity index (χ2v) is 12.9. The molecule has 0 aliphatic carbocycles. The van der Waals surface area contributed by atoms with E-state index in [1.54, 1.807) is 7.11 Å². The van der Waals surface area contributed by atoms with Gasteiger partial charge in [-0.1, -0.05) is 60.7 Å². The van der Waals surface area contributed by atoms with E-state index in [0.29, 0.717) is 54.7 Å². The molecule has 0 radical (unpaired) electrons. The summed E-state index contributed by atoms with van der Waals surface area (Å²) in [6.45, 7) is 10.00. The summed E-state index contributed by atoms with van der Waals surface area (Å²) in [7, 11) is 1.63. The van der Waals surface area contributed by atoms with E-state index in [1.165, 1.54) is 0 Å². The van der Waals surface area contributed by atoms with Crippen LogP contribution in [0.1, 0.15) is 62.0 Å². The third-order valence-electron chi connectivity index (χ3n) is 8.82. The lowest BCUT2D eigenvalue weighted by Crippen LogP contribution is -2.43. The average Bonchev–Trinajstić information content (AvgIpc) is 3.12. The van der Waals surface area contributed by atoms with Gasteiger partial charge in [0.1, 0.15) is 18.1 Å². The number of methoxy groups -OCH3 is 1. The fraction of sp³-hybridized carbons (Fsp3) is 0.310. The fourth-order valence-corrected chi connectivity index (χ4v) is 6.18. The van der Waals surface area contributed by atoms with Crippen LogP contribution in [-0.2, 0) is 17.8 Å². The number of carbonyl (C=O) groups is 2. The third kappa shape index (κ3) is 9.55. The van der Waals surface area contributed by atoms with Crippen LogP contribution in [0.5, 0.6) is 11.5 Å². The summed E-state index contributed by atoms with van der Waals surface area (Å²) in [4.78, 5) is 35.3. The topological polar surface area (TPSA) is 80.8 Å². The Balaban J connectivity index is 1.38. The zero-order chi connectivity index (χ0) is 34.8. The van der Waals surface area contributed by atoms with Gasteiger partial charge in [-0.05, 0) is 107 Å². The number of aromatic nitrogens is 1. The number of Topliss-reactive ketones (excluding diaryl/α,β-unsaturated/α-hetero) is 1. The molecule has 7 heteroatoms. The van der Waals surface area contributed by atoms with E-state index in [9.17, 15) is 9.59 Å². The highest BCUT2D eigenvalue weighted by molar-refractivity contribution is 6.08. The number of rotatable bonds is 16. The lowest BCUT2D eigenvalue weighted by molar-refractivity contribution is -0.121. The molecule has 1 unspecified atom stereocenters. The Morgan fingerprint density at radius 1 is 0.776 bits per heavy atom. The van der Waals surface area contributed by atoms with Gasteiger partial charge in [0, 0.05) is 29.5 Å². The van der Waals surface area contributed by atoms with Gasteiger partial charge in [0.25, 0.3) is 5.91 Å². The van der Waals surface area contributed by atoms with Crippen molar-refractivity contribution in [2.45, 2.75) is 71.7 Å². The molecule has 49 heavy (non-hydrogen) atoms. The van der Waals surface area contributed by atoms with Crippen molar-refractivity contribution in [2.24, 2.45) is 0 Å². The molecule has 1 amide bonds. The molecule has 0 spiro atoms. The molecular formula is C42H47N3O4. The van der Waals surface area contributed by atoms with E-state index in [0.717, 1.165) is 40.1 Å². The van der Waals surface area contributed by atoms with Crippen molar-refractivity contribution in [3.63, 3.8) is 0 Å². The van der Waals surface area contributed by atoms with Crippen LogP contribution in [0.25, 0.3) is 22.2 Å². The predicted molar refractivity (Wildman–Crippen MR) is 197 cm³/mol. The number of carbonyl (C=O) groups excluding carboxylic acids is 2. The molecule has 1 aromatic heterocycles. The standard InChI is InChI=1S/C42H47N3O4/c1-29(2)45(30(3)4)25-11-16-41(46)40(26-31-17-21-35(22-18-31)49-28-32-12-7-6-8-13-32)44-42(47)37-27-39(33-19-23-34(48-5)24-20-33)43-38-15-10-9-14-36(37)38/h6-10,12-15,17-24,27,29-30,40H,11,16,25-26,28H2,1-5H3,(H,44,47). The Labute approximate surface area is 290 Å². The normalized spacial score (nSPS) is 12.0. The number of amides is 1. The van der Waals surface area contributed by atoms with E-state index in [-0.39, 0.29) is 11.7 Å². The van der Waals surface area contributed by atoms with Gasteiger partial charge in [-0.25, -0.2) is 4.98 Å². The van der Waals surface area contributed by atoms with Gasteiger partial charge in [0.05, 0.1) is 29.9 Å². The molecular weight excluding hydrogens is 610 g/mol. The van der Waals surface area contributed by atoms with Crippen LogP contribution in [0.2, 0.25) is 0 Å². The van der Waals surface area contributed by atoms with Crippen LogP contribution < -0.4 is 14.8 Å². The van der Waals surface area contributed by atoms with E-state index < -0.39 is 6.04 Å². The van der Waals surface area contributed by atoms with Gasteiger partial charge in [-0.2, -0.15) is 0 Å². The molecule has 0 fully saturated rings. The predicted octanol–water partition coefficient (Wildman–Crippen LogP) is 8.30. The molecule has 0 bridgehead atoms. The van der Waals surface area contributed by atoms with Crippen molar-refractivity contribution in [3.05, 3.63) is 126 Å². The molecule has 1 heterocycles. The smallest absolute Gasteiger partial charge is 0.252 e. The van der Waals surface area contributed by atoms with Crippen LogP contribution in [0.3, 0.4) is 0 Å². The molecule has 1 atom stereocenters. The number of hydrogen-bond acceptors (Lipinski definition) is 6. The van der Waals surface area contributed by atoms with Crippen molar-refractivity contribution in [3.8, 4) is 22.8 Å². The molecule has 5 rings (SSSR count). The minimum Gasteiger partial charge on any atom is -0.497 e. The number of benzene rings is 4. The van der Waals surface area contributed by atoms with Crippen molar-refractivity contribution in [1.82, 2.24) is 15.2 Å². The number of fused-ring (bicyclic) bond motifs is 1. The number of nitrogens with one attached hydrogen (secondary N) is 1. The quantitative estimate of drug-likeness (QED) is 0.115. The van der Waals surface area contributed by atoms with E-state index >= 15 is 0 Å². The summed E-state index contributed by atoms with van der Waals surface area (Å²) in [5.74, 6) is 1.19. The summed E-state index contributed by atoms with van der Waals surface area (Å²) in [6.07, 6.45) is 1.46. The third-order valence-corrected chi connectivity index (χ3v) is 8.82. The Bertz CT molecular complexity index is 1810. The SMILES string of the molecule is COc1ccc(-c2cc(C(=O)NC(Cc3ccc(OCc4ccccc4)cc3)C(=O)CCCN(C(C)C)C(C)C)c3ccccc3n2)cc1. The Hall–Kier alpha value is -5.01. The average molecular weight is 658 g/mol. The first-order valence-corrected chi connectivity index (χ1v) is 17.1. The number of nitrogens with zero attached hydrogens (tertiary/aromatic N) is 2. The van der Waals surface area contributed by atoms with Gasteiger partial charge in [-0.3, -0.25) is 14.5 Å². The molecule has 4 aromatic carbocycles. The van der Waals surface area contributed by atoms with Crippen molar-refractivity contribution >= 4 is 22.6 Å². The molecule has 0 aliphatic heterocycles. The molecule has 1 N–H and O–H groups in total. The van der Waals surface area contributed by atoms with Crippen LogP contribution >= 0.6 is 0 Å². The maximum absolute atomic E-state index is 14.1. The van der Waals surface area contributed by atoms with E-state index in [2.05, 4.69) is 37.9 Å². The Morgan fingerprint density at radius 2 is 1.43 bits per heavy atom. The van der Waals surface area contributed by atoms with Gasteiger partial charge in [0.2, 0.25) is 0 Å². The fourth-order valence-electron chi connectivity index (χ4n) is 6.18. The molecule has 0 saturated heterocycles. The zero-order valence-electron chi connectivity index (χ0n) is 29.2. The lowest BCUT2D eigenvalue weighted by Gasteiger charge is -2.30. The molecule has 5 aromatic rings. The van der Waals surface area contributed by atoms with Crippen LogP contribution in [0.4, 0.5) is 0 Å². The summed E-state index contributed by atoms with van der Waals surface area (Å²) in [5.41, 5.74) is 4.75. The summed E-state index contributed by atoms with van der Waals surface area (Å²) in [5, 5.41) is 3.86. The number of ketones is 1. The second-order valence-electron chi connectivity index (χ2n) is 12.9. The van der Waals surface area contributed by atoms with Crippen LogP contribution in [-0.4, -0.2) is 53.4 Å². The monoisotopic (exact) mass is 657 g/mol. The van der Waals surface area contributed by atoms with Crippen molar-refractivity contribution < 1.29 is 19.1 Å². The number of ether oxygens (including phenoxy) is 2. The summed E-state index contributed by atoms with van der Waals surface area (Å²) < 4.78 is 11.3. The van der Waals surface area contributed by atoms with Gasteiger partial charge in [-0.15, -0.1) is 0 Å². The summed E-state index contributed by atoms with van der Waals surface area (Å²) in [6, 6.07) is 34.9. The second kappa shape index (κ2) is 16.9. The van der Waals surface area contributed by atoms with Crippen molar-refractivity contribution in [2.75, 3.05) is 13.7 Å². The van der Waals surface area contributed by atoms with Crippen molar-refractivity contribution in [1.29, 1.82) is 0 Å². The highest BCUT2D eigenvalue weighted by atomic mass is 16.5. The number of pyridine rings is 1. The minimum atomic E-state index is -0.702. The number of hydrogen-bond donors (Lipinski definition) is 1. The van der Waals surface area contributed by atoms with Crippen LogP contribution in [0, 0.1) is 0 Å². The lowest BCUT2D eigenvalue weighted by atomic mass is 9.97. The molecule has 254 valence electrons. The largest absolute Gasteiger partial charge is 0.497 e. The minimum absolute atomic E-state index is 0.0129. The van der Waals surface area contributed by atoms with Crippen LogP contribution in [0.15, 0.2) is 109 Å². The first kappa shape index (κ1) is 35.3. The maximum atomic E-state index is 14.1. The van der Waals surface area contributed by atoms with Gasteiger partial charge >= 0.3 is 0 Å². The Morgan fingerprint density at radius 3 is 2.10 bits per heavy atom. The van der Waals surface area contributed by atoms with E-state index in [4.69, 9.17) is 14.5 Å². The maximum Gasteiger partial charge on any atom is 0.252 e. The first-order chi connectivity index (χ1) is 23.7. The zero-order valence-corrected chi connectivity index (χ0v) is 29.2. The first-order valence-electron chi connectivity index (χ1n) is 17.1. The highest BCUT2D eigenvalue weighted by Crippen LogP contribution is 2.27. The molecule has 0 aliphatic rings. The van der Waals surface area contributed by atoms with E-state index in [1.807, 2.05) is 109 Å². The van der Waals surface area contributed by atoms with Gasteiger partial charge in [0.15, 0.2) is 5.78 Å².